The van der Waals surface area contributed by atoms with Crippen LogP contribution in [0.25, 0.3) is 5.57 Å². The summed E-state index contributed by atoms with van der Waals surface area (Å²) in [7, 11) is -3.99. The van der Waals surface area contributed by atoms with Crippen molar-refractivity contribution in [2.75, 3.05) is 5.32 Å². The third-order valence-corrected chi connectivity index (χ3v) is 7.65. The number of nitrogens with one attached hydrogen (secondary N) is 2. The van der Waals surface area contributed by atoms with Gasteiger partial charge in [-0.1, -0.05) is 54.6 Å². The van der Waals surface area contributed by atoms with Gasteiger partial charge in [0.1, 0.15) is 5.76 Å². The predicted octanol–water partition coefficient (Wildman–Crippen LogP) is 5.60. The van der Waals surface area contributed by atoms with Crippen LogP contribution in [-0.2, 0) is 21.2 Å². The Labute approximate surface area is 215 Å². The summed E-state index contributed by atoms with van der Waals surface area (Å²) in [5, 5.41) is 2.64. The van der Waals surface area contributed by atoms with Crippen LogP contribution in [0.4, 0.5) is 10.5 Å². The molecule has 3 aromatic carbocycles. The fourth-order valence-corrected chi connectivity index (χ4v) is 5.52. The molecule has 0 saturated carbocycles. The maximum atomic E-state index is 12.6. The van der Waals surface area contributed by atoms with E-state index in [1.807, 2.05) is 22.9 Å². The molecule has 0 aromatic heterocycles. The van der Waals surface area contributed by atoms with Gasteiger partial charge in [0, 0.05) is 16.8 Å². The Hall–Kier alpha value is -4.43. The highest BCUT2D eigenvalue weighted by atomic mass is 32.2. The van der Waals surface area contributed by atoms with Crippen molar-refractivity contribution in [2.24, 2.45) is 0 Å². The minimum absolute atomic E-state index is 0.00829. The summed E-state index contributed by atoms with van der Waals surface area (Å²) in [5.41, 5.74) is 6.39. The molecule has 0 heterocycles. The second-order valence-corrected chi connectivity index (χ2v) is 10.4. The third-order valence-electron chi connectivity index (χ3n) is 6.30. The number of fused-ring (bicyclic) bond motifs is 2. The minimum atomic E-state index is -3.99. The first-order chi connectivity index (χ1) is 17.8. The molecular weight excluding hydrogens is 488 g/mol. The number of rotatable bonds is 5. The maximum Gasteiger partial charge on any atom is 0.416 e. The molecule has 8 heteroatoms. The summed E-state index contributed by atoms with van der Waals surface area (Å²) < 4.78 is 32.4. The van der Waals surface area contributed by atoms with E-state index in [0.717, 1.165) is 18.4 Å². The Morgan fingerprint density at radius 2 is 1.57 bits per heavy atom. The minimum Gasteiger partial charge on any atom is -0.414 e. The SMILES string of the molecule is C/C(OC(=O)Nc1ccc(C(=O)NS(=O)(=O)c2ccccc2)cc1)=C1/C=CCC2=C1Cc1ccccc12. The van der Waals surface area contributed by atoms with Crippen LogP contribution in [0.2, 0.25) is 0 Å². The zero-order chi connectivity index (χ0) is 26.0. The van der Waals surface area contributed by atoms with Crippen molar-refractivity contribution < 1.29 is 22.7 Å². The monoisotopic (exact) mass is 512 g/mol. The van der Waals surface area contributed by atoms with Gasteiger partial charge in [0.05, 0.1) is 4.90 Å². The van der Waals surface area contributed by atoms with Crippen molar-refractivity contribution in [2.45, 2.75) is 24.7 Å². The molecule has 37 heavy (non-hydrogen) atoms. The maximum absolute atomic E-state index is 12.6. The van der Waals surface area contributed by atoms with E-state index >= 15 is 0 Å². The zero-order valence-electron chi connectivity index (χ0n) is 20.0. The molecule has 2 amide bonds. The molecule has 2 aliphatic carbocycles. The molecule has 0 unspecified atom stereocenters. The smallest absolute Gasteiger partial charge is 0.414 e. The van der Waals surface area contributed by atoms with Crippen LogP contribution in [0, 0.1) is 0 Å². The average molecular weight is 513 g/mol. The number of anilines is 1. The van der Waals surface area contributed by atoms with E-state index in [1.54, 1.807) is 25.1 Å². The molecule has 5 rings (SSSR count). The number of hydrogen-bond donors (Lipinski definition) is 2. The summed E-state index contributed by atoms with van der Waals surface area (Å²) in [4.78, 5) is 25.0. The molecule has 0 fully saturated rings. The van der Waals surface area contributed by atoms with Gasteiger partial charge in [-0.05, 0) is 78.4 Å². The molecular formula is C29H24N2O5S. The first kappa shape index (κ1) is 24.3. The van der Waals surface area contributed by atoms with Gasteiger partial charge in [0.15, 0.2) is 0 Å². The van der Waals surface area contributed by atoms with E-state index in [0.29, 0.717) is 11.4 Å². The highest BCUT2D eigenvalue weighted by molar-refractivity contribution is 7.90. The molecule has 0 radical (unpaired) electrons. The van der Waals surface area contributed by atoms with Crippen LogP contribution in [-0.4, -0.2) is 20.4 Å². The molecule has 0 spiro atoms. The van der Waals surface area contributed by atoms with E-state index < -0.39 is 22.0 Å². The van der Waals surface area contributed by atoms with Crippen molar-refractivity contribution in [3.8, 4) is 0 Å². The summed E-state index contributed by atoms with van der Waals surface area (Å²) in [6, 6.07) is 21.8. The number of carbonyl (C=O) groups excluding carboxylic acids is 2. The largest absolute Gasteiger partial charge is 0.416 e. The van der Waals surface area contributed by atoms with Crippen LogP contribution in [0.3, 0.4) is 0 Å². The topological polar surface area (TPSA) is 102 Å². The summed E-state index contributed by atoms with van der Waals surface area (Å²) in [6.07, 6.45) is 5.05. The molecule has 0 saturated heterocycles. The van der Waals surface area contributed by atoms with Crippen LogP contribution in [0.15, 0.2) is 113 Å². The molecule has 3 aromatic rings. The van der Waals surface area contributed by atoms with Gasteiger partial charge in [-0.2, -0.15) is 0 Å². The third kappa shape index (κ3) is 5.10. The fourth-order valence-electron chi connectivity index (χ4n) is 4.53. The van der Waals surface area contributed by atoms with E-state index in [9.17, 15) is 18.0 Å². The van der Waals surface area contributed by atoms with Gasteiger partial charge in [-0.15, -0.1) is 0 Å². The molecule has 0 atom stereocenters. The molecule has 186 valence electrons. The number of sulfonamides is 1. The highest BCUT2D eigenvalue weighted by Gasteiger charge is 2.26. The van der Waals surface area contributed by atoms with Crippen LogP contribution >= 0.6 is 0 Å². The average Bonchev–Trinajstić information content (AvgIpc) is 3.28. The zero-order valence-corrected chi connectivity index (χ0v) is 20.8. The quantitative estimate of drug-likeness (QED) is 0.434. The number of amides is 2. The molecule has 0 bridgehead atoms. The number of allylic oxidation sites excluding steroid dienone is 6. The van der Waals surface area contributed by atoms with E-state index in [4.69, 9.17) is 4.74 Å². The van der Waals surface area contributed by atoms with Crippen molar-refractivity contribution in [1.82, 2.24) is 4.72 Å². The van der Waals surface area contributed by atoms with Crippen LogP contribution in [0.1, 0.15) is 34.8 Å². The van der Waals surface area contributed by atoms with Crippen molar-refractivity contribution >= 4 is 33.3 Å². The standard InChI is InChI=1S/C29H24N2O5S/c1-19(24-12-7-13-26-25-11-6-5-8-21(25)18-27(24)26)36-29(33)30-22-16-14-20(15-17-22)28(32)31-37(34,35)23-9-3-2-4-10-23/h2-12,14-17H,13,18H2,1H3,(H,30,33)(H,31,32)/b24-19+. The Kier molecular flexibility index (Phi) is 6.50. The van der Waals surface area contributed by atoms with E-state index in [-0.39, 0.29) is 10.5 Å². The lowest BCUT2D eigenvalue weighted by Crippen LogP contribution is -2.30. The number of carbonyl (C=O) groups is 2. The van der Waals surface area contributed by atoms with E-state index in [2.05, 4.69) is 23.5 Å². The van der Waals surface area contributed by atoms with Gasteiger partial charge in [-0.25, -0.2) is 17.9 Å². The Bertz CT molecular complexity index is 1580. The van der Waals surface area contributed by atoms with Gasteiger partial charge >= 0.3 is 6.09 Å². The summed E-state index contributed by atoms with van der Waals surface area (Å²) in [5.74, 6) is -0.278. The van der Waals surface area contributed by atoms with Crippen molar-refractivity contribution in [3.63, 3.8) is 0 Å². The van der Waals surface area contributed by atoms with E-state index in [1.165, 1.54) is 58.7 Å². The van der Waals surface area contributed by atoms with Crippen LogP contribution in [0.5, 0.6) is 0 Å². The second kappa shape index (κ2) is 9.91. The predicted molar refractivity (Wildman–Crippen MR) is 141 cm³/mol. The first-order valence-corrected chi connectivity index (χ1v) is 13.2. The normalized spacial score (nSPS) is 15.5. The number of hydrogen-bond acceptors (Lipinski definition) is 5. The molecule has 2 N–H and O–H groups in total. The Morgan fingerprint density at radius 3 is 2.32 bits per heavy atom. The lowest BCUT2D eigenvalue weighted by atomic mass is 9.92. The second-order valence-electron chi connectivity index (χ2n) is 8.71. The molecule has 2 aliphatic rings. The first-order valence-electron chi connectivity index (χ1n) is 11.7. The summed E-state index contributed by atoms with van der Waals surface area (Å²) in [6.45, 7) is 1.76. The fraction of sp³-hybridized carbons (Fsp3) is 0.103. The summed E-state index contributed by atoms with van der Waals surface area (Å²) >= 11 is 0. The lowest BCUT2D eigenvalue weighted by Gasteiger charge is -2.16. The number of benzene rings is 3. The van der Waals surface area contributed by atoms with Gasteiger partial charge in [0.25, 0.3) is 15.9 Å². The number of ether oxygens (including phenoxy) is 1. The highest BCUT2D eigenvalue weighted by Crippen LogP contribution is 2.42. The van der Waals surface area contributed by atoms with Gasteiger partial charge < -0.3 is 4.74 Å². The van der Waals surface area contributed by atoms with Crippen molar-refractivity contribution in [1.29, 1.82) is 0 Å². The molecule has 7 nitrogen and oxygen atoms in total. The van der Waals surface area contributed by atoms with Gasteiger partial charge in [-0.3, -0.25) is 10.1 Å². The molecule has 0 aliphatic heterocycles. The van der Waals surface area contributed by atoms with Gasteiger partial charge in [0.2, 0.25) is 0 Å². The van der Waals surface area contributed by atoms with Crippen LogP contribution < -0.4 is 10.0 Å². The Morgan fingerprint density at radius 1 is 0.865 bits per heavy atom. The van der Waals surface area contributed by atoms with Crippen molar-refractivity contribution in [3.05, 3.63) is 125 Å². The Balaban J connectivity index is 1.23. The lowest BCUT2D eigenvalue weighted by molar-refractivity contribution is 0.0981.